The minimum atomic E-state index is -0.946. The third-order valence-corrected chi connectivity index (χ3v) is 6.72. The van der Waals surface area contributed by atoms with Gasteiger partial charge in [0, 0.05) is 30.4 Å². The first-order valence-electron chi connectivity index (χ1n) is 11.3. The van der Waals surface area contributed by atoms with Gasteiger partial charge in [-0.15, -0.1) is 0 Å². The standard InChI is InChI=1S/C24H26BrN5O4S/c25-16-6-9-18-20(14-16)35-24(28-18)29-19(22(32)33)13-15-4-7-17(8-5-15)34-12-1-3-21(31)30-23-26-10-2-11-27-23/h4-9,14,19H,1-3,10-13H2,(H,28,29)(H,32,33)(H2,26,27,30,31)/t19-/m0/s1. The molecule has 0 unspecified atom stereocenters. The van der Waals surface area contributed by atoms with Crippen molar-refractivity contribution < 1.29 is 19.4 Å². The summed E-state index contributed by atoms with van der Waals surface area (Å²) < 4.78 is 7.65. The second-order valence-electron chi connectivity index (χ2n) is 8.03. The van der Waals surface area contributed by atoms with E-state index in [0.717, 1.165) is 39.8 Å². The minimum absolute atomic E-state index is 0.0925. The molecule has 2 aromatic carbocycles. The number of amides is 1. The van der Waals surface area contributed by atoms with Gasteiger partial charge in [0.05, 0.1) is 16.8 Å². The fourth-order valence-electron chi connectivity index (χ4n) is 3.50. The Morgan fingerprint density at radius 3 is 2.80 bits per heavy atom. The Labute approximate surface area is 215 Å². The lowest BCUT2D eigenvalue weighted by Gasteiger charge is -2.15. The molecule has 0 fully saturated rings. The van der Waals surface area contributed by atoms with Crippen LogP contribution in [0.3, 0.4) is 0 Å². The summed E-state index contributed by atoms with van der Waals surface area (Å²) in [6, 6.07) is 12.3. The molecule has 184 valence electrons. The number of carbonyl (C=O) groups is 2. The topological polar surface area (TPSA) is 125 Å². The number of halogens is 1. The Morgan fingerprint density at radius 2 is 2.06 bits per heavy atom. The summed E-state index contributed by atoms with van der Waals surface area (Å²) in [7, 11) is 0. The van der Waals surface area contributed by atoms with Gasteiger partial charge in [-0.25, -0.2) is 9.78 Å². The molecule has 4 rings (SSSR count). The largest absolute Gasteiger partial charge is 0.494 e. The number of hydrogen-bond acceptors (Lipinski definition) is 8. The van der Waals surface area contributed by atoms with Crippen LogP contribution in [0.25, 0.3) is 10.2 Å². The molecule has 9 nitrogen and oxygen atoms in total. The molecule has 0 aliphatic carbocycles. The summed E-state index contributed by atoms with van der Waals surface area (Å²) in [5.41, 5.74) is 1.68. The van der Waals surface area contributed by atoms with Crippen LogP contribution in [0.2, 0.25) is 0 Å². The van der Waals surface area contributed by atoms with E-state index in [1.165, 1.54) is 11.3 Å². The van der Waals surface area contributed by atoms with E-state index in [1.54, 1.807) is 0 Å². The number of aliphatic imine (C=N–C) groups is 1. The third-order valence-electron chi connectivity index (χ3n) is 5.28. The van der Waals surface area contributed by atoms with Crippen molar-refractivity contribution in [2.45, 2.75) is 31.7 Å². The number of thiazole rings is 1. The SMILES string of the molecule is O=C(CCCOc1ccc(C[C@H](Nc2nc3ccc(Br)cc3s2)C(=O)O)cc1)NC1=NCCCN1. The number of carboxylic acid groups (broad SMARTS) is 1. The first-order chi connectivity index (χ1) is 17.0. The normalized spacial score (nSPS) is 14.0. The van der Waals surface area contributed by atoms with Gasteiger partial charge >= 0.3 is 5.97 Å². The molecule has 0 saturated heterocycles. The summed E-state index contributed by atoms with van der Waals surface area (Å²) in [5, 5.41) is 19.1. The van der Waals surface area contributed by atoms with E-state index >= 15 is 0 Å². The predicted molar refractivity (Wildman–Crippen MR) is 140 cm³/mol. The van der Waals surface area contributed by atoms with Crippen LogP contribution >= 0.6 is 27.3 Å². The van der Waals surface area contributed by atoms with Gasteiger partial charge in [-0.05, 0) is 48.7 Å². The molecule has 2 heterocycles. The Kier molecular flexibility index (Phi) is 8.54. The maximum atomic E-state index is 12.0. The molecular formula is C24H26BrN5O4S. The molecule has 1 amide bonds. The van der Waals surface area contributed by atoms with Crippen LogP contribution in [0, 0.1) is 0 Å². The highest BCUT2D eigenvalue weighted by atomic mass is 79.9. The van der Waals surface area contributed by atoms with E-state index in [4.69, 9.17) is 4.74 Å². The van der Waals surface area contributed by atoms with E-state index in [-0.39, 0.29) is 5.91 Å². The van der Waals surface area contributed by atoms with E-state index < -0.39 is 12.0 Å². The van der Waals surface area contributed by atoms with Crippen LogP contribution in [0.1, 0.15) is 24.8 Å². The summed E-state index contributed by atoms with van der Waals surface area (Å²) in [6.45, 7) is 1.95. The number of nitrogens with one attached hydrogen (secondary N) is 3. The molecule has 0 radical (unpaired) electrons. The van der Waals surface area contributed by atoms with Crippen LogP contribution in [0.15, 0.2) is 51.9 Å². The molecule has 4 N–H and O–H groups in total. The predicted octanol–water partition coefficient (Wildman–Crippen LogP) is 3.79. The van der Waals surface area contributed by atoms with Gasteiger partial charge in [0.25, 0.3) is 0 Å². The molecule has 0 spiro atoms. The van der Waals surface area contributed by atoms with Crippen molar-refractivity contribution in [3.8, 4) is 5.75 Å². The first kappa shape index (κ1) is 24.9. The molecule has 1 aliphatic heterocycles. The zero-order valence-corrected chi connectivity index (χ0v) is 21.3. The highest BCUT2D eigenvalue weighted by molar-refractivity contribution is 9.10. The summed E-state index contributed by atoms with van der Waals surface area (Å²) >= 11 is 4.86. The minimum Gasteiger partial charge on any atom is -0.494 e. The van der Waals surface area contributed by atoms with Crippen molar-refractivity contribution in [1.29, 1.82) is 0 Å². The van der Waals surface area contributed by atoms with Crippen molar-refractivity contribution in [3.05, 3.63) is 52.5 Å². The molecule has 1 aliphatic rings. The van der Waals surface area contributed by atoms with Gasteiger partial charge in [0.2, 0.25) is 5.91 Å². The van der Waals surface area contributed by atoms with Gasteiger partial charge in [0.1, 0.15) is 11.8 Å². The van der Waals surface area contributed by atoms with Crippen LogP contribution in [-0.4, -0.2) is 53.7 Å². The molecule has 35 heavy (non-hydrogen) atoms. The van der Waals surface area contributed by atoms with Gasteiger partial charge in [-0.1, -0.05) is 39.4 Å². The number of guanidine groups is 1. The number of ether oxygens (including phenoxy) is 1. The fraction of sp³-hybridized carbons (Fsp3) is 0.333. The van der Waals surface area contributed by atoms with Gasteiger partial charge in [-0.2, -0.15) is 0 Å². The van der Waals surface area contributed by atoms with Gasteiger partial charge < -0.3 is 20.5 Å². The van der Waals surface area contributed by atoms with Crippen molar-refractivity contribution in [3.63, 3.8) is 0 Å². The smallest absolute Gasteiger partial charge is 0.326 e. The lowest BCUT2D eigenvalue weighted by Crippen LogP contribution is -2.43. The summed E-state index contributed by atoms with van der Waals surface area (Å²) in [6.07, 6.45) is 2.19. The summed E-state index contributed by atoms with van der Waals surface area (Å²) in [4.78, 5) is 32.5. The summed E-state index contributed by atoms with van der Waals surface area (Å²) in [5.74, 6) is 0.177. The number of aliphatic carboxylic acids is 1. The average molecular weight is 560 g/mol. The Morgan fingerprint density at radius 1 is 1.23 bits per heavy atom. The highest BCUT2D eigenvalue weighted by Crippen LogP contribution is 2.29. The Balaban J connectivity index is 1.24. The van der Waals surface area contributed by atoms with E-state index in [2.05, 4.69) is 41.9 Å². The lowest BCUT2D eigenvalue weighted by atomic mass is 10.1. The number of benzene rings is 2. The van der Waals surface area contributed by atoms with E-state index in [1.807, 2.05) is 42.5 Å². The second kappa shape index (κ2) is 12.0. The maximum Gasteiger partial charge on any atom is 0.326 e. The van der Waals surface area contributed by atoms with Crippen molar-refractivity contribution in [2.75, 3.05) is 25.0 Å². The monoisotopic (exact) mass is 559 g/mol. The van der Waals surface area contributed by atoms with Crippen molar-refractivity contribution in [2.24, 2.45) is 4.99 Å². The van der Waals surface area contributed by atoms with Crippen LogP contribution in [0.5, 0.6) is 5.75 Å². The molecule has 11 heteroatoms. The number of fused-ring (bicyclic) bond motifs is 1. The Hall–Kier alpha value is -3.18. The van der Waals surface area contributed by atoms with E-state index in [9.17, 15) is 14.7 Å². The van der Waals surface area contributed by atoms with E-state index in [0.29, 0.717) is 42.7 Å². The average Bonchev–Trinajstić information content (AvgIpc) is 3.24. The molecule has 3 aromatic rings. The quantitative estimate of drug-likeness (QED) is 0.278. The number of carboxylic acids is 1. The van der Waals surface area contributed by atoms with Crippen LogP contribution in [-0.2, 0) is 16.0 Å². The van der Waals surface area contributed by atoms with Gasteiger partial charge in [-0.3, -0.25) is 15.1 Å². The van der Waals surface area contributed by atoms with Crippen molar-refractivity contribution >= 4 is 60.5 Å². The fourth-order valence-corrected chi connectivity index (χ4v) is 4.97. The number of aromatic nitrogens is 1. The number of nitrogens with zero attached hydrogens (tertiary/aromatic N) is 2. The number of hydrogen-bond donors (Lipinski definition) is 4. The third kappa shape index (κ3) is 7.40. The number of carbonyl (C=O) groups excluding carboxylic acids is 1. The number of anilines is 1. The molecular weight excluding hydrogens is 534 g/mol. The van der Waals surface area contributed by atoms with Gasteiger partial charge in [0.15, 0.2) is 11.1 Å². The maximum absolute atomic E-state index is 12.0. The Bertz CT molecular complexity index is 1210. The van der Waals surface area contributed by atoms with Crippen LogP contribution in [0.4, 0.5) is 5.13 Å². The number of rotatable bonds is 10. The highest BCUT2D eigenvalue weighted by Gasteiger charge is 2.20. The zero-order valence-electron chi connectivity index (χ0n) is 18.9. The molecule has 1 aromatic heterocycles. The van der Waals surface area contributed by atoms with Crippen LogP contribution < -0.4 is 20.7 Å². The molecule has 0 bridgehead atoms. The first-order valence-corrected chi connectivity index (χ1v) is 12.9. The lowest BCUT2D eigenvalue weighted by molar-refractivity contribution is -0.137. The molecule has 0 saturated carbocycles. The van der Waals surface area contributed by atoms with Crippen molar-refractivity contribution in [1.82, 2.24) is 15.6 Å². The second-order valence-corrected chi connectivity index (χ2v) is 9.97. The zero-order chi connectivity index (χ0) is 24.6. The molecule has 1 atom stereocenters.